The van der Waals surface area contributed by atoms with E-state index in [9.17, 15) is 13.2 Å². The lowest BCUT2D eigenvalue weighted by Crippen LogP contribution is -2.39. The molecule has 184 valence electrons. The molecule has 3 rings (SSSR count). The van der Waals surface area contributed by atoms with E-state index in [-0.39, 0.29) is 4.90 Å². The van der Waals surface area contributed by atoms with Crippen molar-refractivity contribution in [1.29, 1.82) is 0 Å². The maximum Gasteiger partial charge on any atom is 0.264 e. The van der Waals surface area contributed by atoms with Crippen LogP contribution in [0.25, 0.3) is 0 Å². The normalized spacial score (nSPS) is 11.4. The van der Waals surface area contributed by atoms with Gasteiger partial charge in [0, 0.05) is 0 Å². The molecule has 0 aromatic heterocycles. The number of nitrogens with one attached hydrogen (secondary N) is 1. The third-order valence-corrected chi connectivity index (χ3v) is 6.95. The fourth-order valence-electron chi connectivity index (χ4n) is 3.46. The predicted octanol–water partition coefficient (Wildman–Crippen LogP) is 4.83. The summed E-state index contributed by atoms with van der Waals surface area (Å²) in [5, 5.41) is 4.00. The zero-order valence-electron chi connectivity index (χ0n) is 20.3. The number of benzene rings is 3. The molecule has 0 heterocycles. The van der Waals surface area contributed by atoms with Gasteiger partial charge in [-0.05, 0) is 85.5 Å². The summed E-state index contributed by atoms with van der Waals surface area (Å²) in [4.78, 5) is 12.8. The Morgan fingerprint density at radius 1 is 1.00 bits per heavy atom. The number of nitrogens with zero attached hydrogens (tertiary/aromatic N) is 2. The van der Waals surface area contributed by atoms with Gasteiger partial charge in [0.25, 0.3) is 15.9 Å². The molecule has 0 fully saturated rings. The lowest BCUT2D eigenvalue weighted by Gasteiger charge is -2.24. The second kappa shape index (κ2) is 12.2. The molecule has 0 unspecified atom stereocenters. The minimum atomic E-state index is -3.97. The number of carbonyl (C=O) groups excluding carboxylic acids is 1. The first-order chi connectivity index (χ1) is 16.8. The molecule has 1 amide bonds. The summed E-state index contributed by atoms with van der Waals surface area (Å²) in [7, 11) is -3.97. The van der Waals surface area contributed by atoms with Crippen molar-refractivity contribution in [2.75, 3.05) is 17.5 Å². The molecule has 7 nitrogen and oxygen atoms in total. The van der Waals surface area contributed by atoms with Crippen LogP contribution in [0.3, 0.4) is 0 Å². The van der Waals surface area contributed by atoms with Crippen LogP contribution in [-0.2, 0) is 14.8 Å². The molecule has 0 bridgehead atoms. The fraction of sp³-hybridized carbons (Fsp3) is 0.259. The highest BCUT2D eigenvalue weighted by atomic mass is 32.2. The zero-order valence-corrected chi connectivity index (χ0v) is 21.1. The lowest BCUT2D eigenvalue weighted by molar-refractivity contribution is -0.119. The summed E-state index contributed by atoms with van der Waals surface area (Å²) in [6.45, 7) is 6.13. The van der Waals surface area contributed by atoms with E-state index in [2.05, 4.69) is 17.5 Å². The molecule has 0 saturated carbocycles. The molecule has 0 spiro atoms. The van der Waals surface area contributed by atoms with Gasteiger partial charge in [-0.3, -0.25) is 9.10 Å². The number of amides is 1. The quantitative estimate of drug-likeness (QED) is 0.235. The number of sulfonamides is 1. The van der Waals surface area contributed by atoms with E-state index in [1.54, 1.807) is 30.3 Å². The summed E-state index contributed by atoms with van der Waals surface area (Å²) >= 11 is 0. The van der Waals surface area contributed by atoms with Crippen molar-refractivity contribution in [3.63, 3.8) is 0 Å². The van der Waals surface area contributed by atoms with Crippen molar-refractivity contribution in [1.82, 2.24) is 5.43 Å². The maximum absolute atomic E-state index is 13.4. The monoisotopic (exact) mass is 493 g/mol. The van der Waals surface area contributed by atoms with Crippen molar-refractivity contribution in [3.05, 3.63) is 89.5 Å². The van der Waals surface area contributed by atoms with Crippen LogP contribution in [0.1, 0.15) is 36.5 Å². The summed E-state index contributed by atoms with van der Waals surface area (Å²) in [6.07, 6.45) is 3.56. The molecule has 8 heteroatoms. The van der Waals surface area contributed by atoms with Gasteiger partial charge in [-0.25, -0.2) is 13.8 Å². The van der Waals surface area contributed by atoms with Gasteiger partial charge < -0.3 is 4.74 Å². The molecule has 1 N–H and O–H groups in total. The van der Waals surface area contributed by atoms with E-state index in [1.165, 1.54) is 18.3 Å². The Labute approximate surface area is 207 Å². The molecular formula is C27H31N3O4S. The number of anilines is 1. The number of hydrazone groups is 1. The maximum atomic E-state index is 13.4. The van der Waals surface area contributed by atoms with Crippen molar-refractivity contribution in [3.8, 4) is 5.75 Å². The van der Waals surface area contributed by atoms with E-state index in [4.69, 9.17) is 4.74 Å². The summed E-state index contributed by atoms with van der Waals surface area (Å²) in [6, 6.07) is 20.8. The molecule has 3 aromatic rings. The van der Waals surface area contributed by atoms with Crippen LogP contribution in [0.5, 0.6) is 5.75 Å². The van der Waals surface area contributed by atoms with Crippen LogP contribution < -0.4 is 14.5 Å². The molecule has 0 saturated heterocycles. The van der Waals surface area contributed by atoms with E-state index >= 15 is 0 Å². The second-order valence-corrected chi connectivity index (χ2v) is 10.1. The molecule has 0 radical (unpaired) electrons. The first-order valence-corrected chi connectivity index (χ1v) is 12.9. The van der Waals surface area contributed by atoms with Gasteiger partial charge in [-0.15, -0.1) is 0 Å². The molecule has 0 aliphatic heterocycles. The third-order valence-electron chi connectivity index (χ3n) is 5.16. The van der Waals surface area contributed by atoms with Gasteiger partial charge >= 0.3 is 0 Å². The van der Waals surface area contributed by atoms with Gasteiger partial charge in [0.1, 0.15) is 12.3 Å². The number of carbonyl (C=O) groups is 1. The number of unbranched alkanes of at least 4 members (excludes halogenated alkanes) is 1. The summed E-state index contributed by atoms with van der Waals surface area (Å²) in [5.41, 5.74) is 5.42. The van der Waals surface area contributed by atoms with Gasteiger partial charge in [0.2, 0.25) is 0 Å². The number of hydrogen-bond acceptors (Lipinski definition) is 5. The molecular weight excluding hydrogens is 462 g/mol. The number of hydrogen-bond donors (Lipinski definition) is 1. The van der Waals surface area contributed by atoms with Gasteiger partial charge in [0.15, 0.2) is 0 Å². The summed E-state index contributed by atoms with van der Waals surface area (Å²) < 4.78 is 33.6. The van der Waals surface area contributed by atoms with Crippen LogP contribution >= 0.6 is 0 Å². The smallest absolute Gasteiger partial charge is 0.264 e. The minimum absolute atomic E-state index is 0.108. The van der Waals surface area contributed by atoms with Crippen molar-refractivity contribution in [2.24, 2.45) is 5.10 Å². The zero-order chi connectivity index (χ0) is 25.3. The highest BCUT2D eigenvalue weighted by molar-refractivity contribution is 7.92. The molecule has 0 aliphatic carbocycles. The average Bonchev–Trinajstić information content (AvgIpc) is 2.83. The topological polar surface area (TPSA) is 88.1 Å². The van der Waals surface area contributed by atoms with Gasteiger partial charge in [0.05, 0.1) is 23.4 Å². The Balaban J connectivity index is 1.73. The van der Waals surface area contributed by atoms with Crippen LogP contribution in [0, 0.1) is 13.8 Å². The fourth-order valence-corrected chi connectivity index (χ4v) is 4.88. The Morgan fingerprint density at radius 2 is 1.66 bits per heavy atom. The molecule has 35 heavy (non-hydrogen) atoms. The largest absolute Gasteiger partial charge is 0.494 e. The molecule has 0 aliphatic rings. The van der Waals surface area contributed by atoms with E-state index in [1.807, 2.05) is 44.2 Å². The van der Waals surface area contributed by atoms with Gasteiger partial charge in [-0.2, -0.15) is 5.10 Å². The highest BCUT2D eigenvalue weighted by Crippen LogP contribution is 2.25. The van der Waals surface area contributed by atoms with E-state index in [0.29, 0.717) is 12.3 Å². The highest BCUT2D eigenvalue weighted by Gasteiger charge is 2.27. The van der Waals surface area contributed by atoms with Crippen molar-refractivity contribution < 1.29 is 17.9 Å². The number of rotatable bonds is 11. The SMILES string of the molecule is CCCCOc1ccc(/C=N\NC(=O)CN(c2cc(C)cc(C)c2)S(=O)(=O)c2ccccc2)cc1. The summed E-state index contributed by atoms with van der Waals surface area (Å²) in [5.74, 6) is 0.217. The Kier molecular flexibility index (Phi) is 9.03. The molecule has 3 aromatic carbocycles. The van der Waals surface area contributed by atoms with Crippen LogP contribution in [0.15, 0.2) is 82.8 Å². The van der Waals surface area contributed by atoms with Crippen molar-refractivity contribution in [2.45, 2.75) is 38.5 Å². The van der Waals surface area contributed by atoms with E-state index < -0.39 is 22.5 Å². The standard InChI is InChI=1S/C27H31N3O4S/c1-4-5-15-34-25-13-11-23(12-14-25)19-28-29-27(31)20-30(24-17-21(2)16-22(3)18-24)35(32,33)26-9-7-6-8-10-26/h6-14,16-19H,4-5,15,20H2,1-3H3,(H,29,31)/b28-19-. The van der Waals surface area contributed by atoms with Crippen molar-refractivity contribution >= 4 is 27.8 Å². The minimum Gasteiger partial charge on any atom is -0.494 e. The Morgan fingerprint density at radius 3 is 2.29 bits per heavy atom. The number of ether oxygens (including phenoxy) is 1. The average molecular weight is 494 g/mol. The van der Waals surface area contributed by atoms with Crippen LogP contribution in [-0.4, -0.2) is 33.7 Å². The predicted molar refractivity (Wildman–Crippen MR) is 139 cm³/mol. The lowest BCUT2D eigenvalue weighted by atomic mass is 10.1. The third kappa shape index (κ3) is 7.42. The number of aryl methyl sites for hydroxylation is 2. The second-order valence-electron chi connectivity index (χ2n) is 8.23. The first-order valence-electron chi connectivity index (χ1n) is 11.5. The van der Waals surface area contributed by atoms with E-state index in [0.717, 1.165) is 39.6 Å². The first kappa shape index (κ1) is 26.0. The van der Waals surface area contributed by atoms with Crippen LogP contribution in [0.2, 0.25) is 0 Å². The van der Waals surface area contributed by atoms with Gasteiger partial charge in [-0.1, -0.05) is 37.6 Å². The van der Waals surface area contributed by atoms with Crippen LogP contribution in [0.4, 0.5) is 5.69 Å². The Bertz CT molecular complexity index is 1240. The Hall–Kier alpha value is -3.65. The molecule has 0 atom stereocenters.